The molecule has 0 saturated heterocycles. The van der Waals surface area contributed by atoms with Crippen LogP contribution in [0, 0.1) is 0 Å². The highest BCUT2D eigenvalue weighted by atomic mass is 16.6. The lowest BCUT2D eigenvalue weighted by Crippen LogP contribution is -2.30. The van der Waals surface area contributed by atoms with E-state index in [4.69, 9.17) is 14.2 Å². The van der Waals surface area contributed by atoms with Gasteiger partial charge in [-0.2, -0.15) is 0 Å². The minimum Gasteiger partial charge on any atom is -0.462 e. The van der Waals surface area contributed by atoms with Crippen molar-refractivity contribution in [3.63, 3.8) is 0 Å². The number of ether oxygens (including phenoxy) is 3. The van der Waals surface area contributed by atoms with Crippen LogP contribution in [0.2, 0.25) is 0 Å². The van der Waals surface area contributed by atoms with E-state index in [9.17, 15) is 14.4 Å². The number of unbranched alkanes of at least 4 members (excludes halogenated alkanes) is 27. The van der Waals surface area contributed by atoms with Gasteiger partial charge in [0.05, 0.1) is 0 Å². The summed E-state index contributed by atoms with van der Waals surface area (Å²) in [5.74, 6) is -0.901. The van der Waals surface area contributed by atoms with Gasteiger partial charge in [-0.15, -0.1) is 0 Å². The molecule has 412 valence electrons. The van der Waals surface area contributed by atoms with E-state index in [1.54, 1.807) is 0 Å². The average molecular weight is 1000 g/mol. The fourth-order valence-electron chi connectivity index (χ4n) is 8.34. The molecular formula is C66H112O6. The second-order valence-electron chi connectivity index (χ2n) is 19.9. The number of hydrogen-bond donors (Lipinski definition) is 0. The maximum absolute atomic E-state index is 12.8. The largest absolute Gasteiger partial charge is 0.462 e. The summed E-state index contributed by atoms with van der Waals surface area (Å²) >= 11 is 0. The Hall–Kier alpha value is -3.67. The molecule has 0 aromatic rings. The molecule has 0 aliphatic rings. The van der Waals surface area contributed by atoms with E-state index in [-0.39, 0.29) is 31.1 Å². The highest BCUT2D eigenvalue weighted by molar-refractivity contribution is 5.71. The monoisotopic (exact) mass is 1000 g/mol. The molecule has 1 unspecified atom stereocenters. The summed E-state index contributed by atoms with van der Waals surface area (Å²) in [5.41, 5.74) is 0. The quantitative estimate of drug-likeness (QED) is 0.0261. The summed E-state index contributed by atoms with van der Waals surface area (Å²) in [6, 6.07) is 0. The Bertz CT molecular complexity index is 1430. The van der Waals surface area contributed by atoms with E-state index in [2.05, 4.69) is 118 Å². The summed E-state index contributed by atoms with van der Waals surface area (Å²) in [5, 5.41) is 0. The van der Waals surface area contributed by atoms with Gasteiger partial charge in [0.2, 0.25) is 0 Å². The molecule has 0 saturated carbocycles. The summed E-state index contributed by atoms with van der Waals surface area (Å²) < 4.78 is 16.8. The molecule has 0 rings (SSSR count). The lowest BCUT2D eigenvalue weighted by Gasteiger charge is -2.18. The molecule has 0 aliphatic carbocycles. The number of carbonyl (C=O) groups is 3. The minimum atomic E-state index is -0.785. The zero-order chi connectivity index (χ0) is 52.2. The first-order valence-corrected chi connectivity index (χ1v) is 30.2. The van der Waals surface area contributed by atoms with E-state index < -0.39 is 6.10 Å². The zero-order valence-corrected chi connectivity index (χ0v) is 47.2. The summed E-state index contributed by atoms with van der Waals surface area (Å²) in [7, 11) is 0. The SMILES string of the molecule is CC/C=C\C/C=C\C/C=C\C/C=C\C/C=C\C/C=C\C/C=C\C/C=C\CCCCCCC(=O)OCC(COC(=O)CCCCCCCCCCCCC)OC(=O)CCCCCCCCCCCCCCCC. The van der Waals surface area contributed by atoms with Gasteiger partial charge in [-0.05, 0) is 83.5 Å². The molecule has 1 atom stereocenters. The molecule has 0 amide bonds. The van der Waals surface area contributed by atoms with Gasteiger partial charge in [0, 0.05) is 19.3 Å². The maximum Gasteiger partial charge on any atom is 0.306 e. The van der Waals surface area contributed by atoms with E-state index in [1.807, 2.05) is 0 Å². The number of esters is 3. The third-order valence-corrected chi connectivity index (χ3v) is 12.9. The lowest BCUT2D eigenvalue weighted by atomic mass is 10.0. The first-order chi connectivity index (χ1) is 35.5. The smallest absolute Gasteiger partial charge is 0.306 e. The van der Waals surface area contributed by atoms with Gasteiger partial charge in [0.15, 0.2) is 6.10 Å². The second-order valence-corrected chi connectivity index (χ2v) is 19.9. The number of rotatable bonds is 54. The van der Waals surface area contributed by atoms with Crippen molar-refractivity contribution in [2.45, 2.75) is 290 Å². The Kier molecular flexibility index (Phi) is 56.8. The molecule has 0 fully saturated rings. The Morgan fingerprint density at radius 3 is 0.847 bits per heavy atom. The van der Waals surface area contributed by atoms with Crippen molar-refractivity contribution in [1.82, 2.24) is 0 Å². The summed E-state index contributed by atoms with van der Waals surface area (Å²) in [4.78, 5) is 38.1. The van der Waals surface area contributed by atoms with Crippen LogP contribution >= 0.6 is 0 Å². The first kappa shape index (κ1) is 68.3. The maximum atomic E-state index is 12.8. The van der Waals surface area contributed by atoms with E-state index in [0.717, 1.165) is 122 Å². The number of allylic oxidation sites excluding steroid dienone is 16. The molecule has 0 heterocycles. The van der Waals surface area contributed by atoms with Crippen molar-refractivity contribution in [3.05, 3.63) is 97.2 Å². The van der Waals surface area contributed by atoms with E-state index in [1.165, 1.54) is 122 Å². The standard InChI is InChI=1S/C66H112O6/c1-4-7-10-13-16-19-22-24-26-27-28-29-30-31-32-33-34-35-36-37-38-39-40-42-44-47-50-53-56-59-65(68)71-62-63(61-70-64(67)58-55-52-49-46-43-21-18-15-12-9-6-3)72-66(69)60-57-54-51-48-45-41-25-23-20-17-14-11-8-5-2/h7,10,16,19,24,26,28-29,31-32,34-35,37-38,40,42,63H,4-6,8-9,11-15,17-18,20-23,25,27,30,33,36,39,41,43-62H2,1-3H3/b10-7-,19-16-,26-24-,29-28-,32-31-,35-34-,38-37-,42-40-. The summed E-state index contributed by atoms with van der Waals surface area (Å²) in [6.45, 7) is 6.51. The van der Waals surface area contributed by atoms with Crippen LogP contribution in [0.5, 0.6) is 0 Å². The number of carbonyl (C=O) groups excluding carboxylic acids is 3. The van der Waals surface area contributed by atoms with Crippen molar-refractivity contribution in [2.24, 2.45) is 0 Å². The van der Waals surface area contributed by atoms with Crippen LogP contribution in [0.15, 0.2) is 97.2 Å². The van der Waals surface area contributed by atoms with Gasteiger partial charge in [0.1, 0.15) is 13.2 Å². The first-order valence-electron chi connectivity index (χ1n) is 30.2. The van der Waals surface area contributed by atoms with Crippen molar-refractivity contribution in [3.8, 4) is 0 Å². The van der Waals surface area contributed by atoms with Crippen LogP contribution < -0.4 is 0 Å². The molecule has 0 N–H and O–H groups in total. The highest BCUT2D eigenvalue weighted by Gasteiger charge is 2.19. The third kappa shape index (κ3) is 57.2. The molecule has 6 nitrogen and oxygen atoms in total. The fourth-order valence-corrected chi connectivity index (χ4v) is 8.34. The Morgan fingerprint density at radius 1 is 0.292 bits per heavy atom. The number of hydrogen-bond acceptors (Lipinski definition) is 6. The van der Waals surface area contributed by atoms with Gasteiger partial charge in [-0.1, -0.05) is 279 Å². The van der Waals surface area contributed by atoms with Crippen LogP contribution in [-0.2, 0) is 28.6 Å². The highest BCUT2D eigenvalue weighted by Crippen LogP contribution is 2.16. The Balaban J connectivity index is 4.31. The average Bonchev–Trinajstić information content (AvgIpc) is 3.38. The Morgan fingerprint density at radius 2 is 0.542 bits per heavy atom. The van der Waals surface area contributed by atoms with Gasteiger partial charge in [-0.25, -0.2) is 0 Å². The molecule has 0 aromatic carbocycles. The molecular weight excluding hydrogens is 889 g/mol. The molecule has 72 heavy (non-hydrogen) atoms. The molecule has 0 aliphatic heterocycles. The van der Waals surface area contributed by atoms with Gasteiger partial charge >= 0.3 is 17.9 Å². The fraction of sp³-hybridized carbons (Fsp3) is 0.712. The van der Waals surface area contributed by atoms with Crippen molar-refractivity contribution >= 4 is 17.9 Å². The van der Waals surface area contributed by atoms with E-state index >= 15 is 0 Å². The van der Waals surface area contributed by atoms with Crippen molar-refractivity contribution < 1.29 is 28.6 Å². The Labute approximate surface area is 445 Å². The zero-order valence-electron chi connectivity index (χ0n) is 47.2. The molecule has 0 bridgehead atoms. The molecule has 6 heteroatoms. The lowest BCUT2D eigenvalue weighted by molar-refractivity contribution is -0.167. The van der Waals surface area contributed by atoms with Gasteiger partial charge in [0.25, 0.3) is 0 Å². The topological polar surface area (TPSA) is 78.9 Å². The third-order valence-electron chi connectivity index (χ3n) is 12.9. The second kappa shape index (κ2) is 59.9. The molecule has 0 radical (unpaired) electrons. The van der Waals surface area contributed by atoms with Gasteiger partial charge in [-0.3, -0.25) is 14.4 Å². The van der Waals surface area contributed by atoms with Crippen LogP contribution in [0.1, 0.15) is 284 Å². The molecule has 0 spiro atoms. The summed E-state index contributed by atoms with van der Waals surface area (Å²) in [6.07, 6.45) is 79.8. The predicted molar refractivity (Wildman–Crippen MR) is 311 cm³/mol. The van der Waals surface area contributed by atoms with Crippen LogP contribution in [0.4, 0.5) is 0 Å². The van der Waals surface area contributed by atoms with Crippen LogP contribution in [0.3, 0.4) is 0 Å². The predicted octanol–water partition coefficient (Wildman–Crippen LogP) is 20.5. The van der Waals surface area contributed by atoms with Gasteiger partial charge < -0.3 is 14.2 Å². The van der Waals surface area contributed by atoms with E-state index in [0.29, 0.717) is 19.3 Å². The minimum absolute atomic E-state index is 0.0819. The molecule has 0 aromatic heterocycles. The van der Waals surface area contributed by atoms with Crippen LogP contribution in [-0.4, -0.2) is 37.2 Å². The normalized spacial score (nSPS) is 12.8. The van der Waals surface area contributed by atoms with Crippen LogP contribution in [0.25, 0.3) is 0 Å². The van der Waals surface area contributed by atoms with Crippen molar-refractivity contribution in [2.75, 3.05) is 13.2 Å². The van der Waals surface area contributed by atoms with Crippen molar-refractivity contribution in [1.29, 1.82) is 0 Å².